The Morgan fingerprint density at radius 2 is 1.97 bits per heavy atom. The molecule has 1 aliphatic carbocycles. The molecule has 2 atom stereocenters. The molecule has 0 spiro atoms. The molecule has 5 rings (SSSR count). The Kier molecular flexibility index (Phi) is 5.18. The van der Waals surface area contributed by atoms with Crippen molar-refractivity contribution in [3.8, 4) is 11.5 Å². The highest BCUT2D eigenvalue weighted by molar-refractivity contribution is 5.93. The Bertz CT molecular complexity index is 1190. The average molecular weight is 432 g/mol. The zero-order valence-corrected chi connectivity index (χ0v) is 17.1. The van der Waals surface area contributed by atoms with Crippen LogP contribution in [-0.4, -0.2) is 23.0 Å². The summed E-state index contributed by atoms with van der Waals surface area (Å²) in [5.41, 5.74) is 2.02. The molecule has 0 radical (unpaired) electrons. The predicted octanol–water partition coefficient (Wildman–Crippen LogP) is 4.58. The van der Waals surface area contributed by atoms with Crippen LogP contribution < -0.4 is 20.7 Å². The summed E-state index contributed by atoms with van der Waals surface area (Å²) in [7, 11) is 0. The maximum absolute atomic E-state index is 14.6. The molecule has 3 N–H and O–H groups in total. The molecule has 1 aromatic heterocycles. The fourth-order valence-corrected chi connectivity index (χ4v) is 3.89. The molecular formula is C24H21FN4O3. The van der Waals surface area contributed by atoms with Gasteiger partial charge in [-0.3, -0.25) is 4.79 Å². The fourth-order valence-electron chi connectivity index (χ4n) is 3.89. The normalized spacial score (nSPS) is 18.8. The summed E-state index contributed by atoms with van der Waals surface area (Å²) in [5, 5.41) is 8.15. The van der Waals surface area contributed by atoms with Gasteiger partial charge in [0.1, 0.15) is 23.1 Å². The molecule has 2 aromatic carbocycles. The van der Waals surface area contributed by atoms with E-state index in [4.69, 9.17) is 4.74 Å². The number of carbonyl (C=O) groups is 2. The summed E-state index contributed by atoms with van der Waals surface area (Å²) in [6.07, 6.45) is 3.23. The van der Waals surface area contributed by atoms with Crippen molar-refractivity contribution in [1.29, 1.82) is 0 Å². The van der Waals surface area contributed by atoms with E-state index in [9.17, 15) is 14.0 Å². The number of aromatic nitrogens is 1. The molecule has 32 heavy (non-hydrogen) atoms. The van der Waals surface area contributed by atoms with Crippen LogP contribution in [0.4, 0.5) is 20.7 Å². The fraction of sp³-hybridized carbons (Fsp3) is 0.208. The molecule has 1 fully saturated rings. The summed E-state index contributed by atoms with van der Waals surface area (Å²) in [5.74, 6) is 0.841. The number of fused-ring (bicyclic) bond motifs is 1. The van der Waals surface area contributed by atoms with Crippen LogP contribution in [-0.2, 0) is 11.2 Å². The third-order valence-corrected chi connectivity index (χ3v) is 5.62. The average Bonchev–Trinajstić information content (AvgIpc) is 3.55. The van der Waals surface area contributed by atoms with Crippen molar-refractivity contribution in [2.45, 2.75) is 31.2 Å². The SMILES string of the molecule is O=C1CCc2c(Oc3ccc(NC(=O)N[C@H]4CC4c4ccccc4)c(F)c3)ccnc2N1. The van der Waals surface area contributed by atoms with Crippen LogP contribution in [0, 0.1) is 5.82 Å². The van der Waals surface area contributed by atoms with Crippen LogP contribution in [0.3, 0.4) is 0 Å². The number of halogens is 1. The first-order valence-electron chi connectivity index (χ1n) is 10.4. The minimum atomic E-state index is -0.607. The van der Waals surface area contributed by atoms with E-state index in [-0.39, 0.29) is 23.4 Å². The van der Waals surface area contributed by atoms with Crippen molar-refractivity contribution in [2.75, 3.05) is 10.6 Å². The standard InChI is InChI=1S/C24H21FN4O3/c25-18-12-15(32-21-10-11-26-23-16(21)7-9-22(30)29-23)6-8-19(18)27-24(31)28-20-13-17(20)14-4-2-1-3-5-14/h1-6,8,10-12,17,20H,7,9,13H2,(H,26,29,30)(H2,27,28,31)/t17?,20-/m0/s1. The van der Waals surface area contributed by atoms with Gasteiger partial charge < -0.3 is 20.7 Å². The topological polar surface area (TPSA) is 92.3 Å². The largest absolute Gasteiger partial charge is 0.457 e. The molecule has 0 saturated heterocycles. The Balaban J connectivity index is 1.21. The lowest BCUT2D eigenvalue weighted by Crippen LogP contribution is -2.31. The smallest absolute Gasteiger partial charge is 0.319 e. The van der Waals surface area contributed by atoms with Crippen LogP contribution >= 0.6 is 0 Å². The first kappa shape index (κ1) is 20.0. The number of carbonyl (C=O) groups excluding carboxylic acids is 2. The number of hydrogen-bond donors (Lipinski definition) is 3. The highest BCUT2D eigenvalue weighted by Gasteiger charge is 2.39. The number of urea groups is 1. The van der Waals surface area contributed by atoms with Gasteiger partial charge in [0.2, 0.25) is 5.91 Å². The van der Waals surface area contributed by atoms with Crippen LogP contribution in [0.1, 0.15) is 29.9 Å². The van der Waals surface area contributed by atoms with Crippen molar-refractivity contribution in [1.82, 2.24) is 10.3 Å². The van der Waals surface area contributed by atoms with Gasteiger partial charge in [-0.2, -0.15) is 0 Å². The minimum Gasteiger partial charge on any atom is -0.457 e. The van der Waals surface area contributed by atoms with E-state index in [1.54, 1.807) is 12.1 Å². The molecule has 7 nitrogen and oxygen atoms in total. The van der Waals surface area contributed by atoms with Crippen LogP contribution in [0.25, 0.3) is 0 Å². The van der Waals surface area contributed by atoms with Crippen molar-refractivity contribution >= 4 is 23.4 Å². The van der Waals surface area contributed by atoms with Gasteiger partial charge in [-0.05, 0) is 36.6 Å². The molecule has 3 aromatic rings. The Labute approximate surface area is 184 Å². The molecule has 8 heteroatoms. The number of benzene rings is 2. The highest BCUT2D eigenvalue weighted by Crippen LogP contribution is 2.40. The van der Waals surface area contributed by atoms with Gasteiger partial charge in [0, 0.05) is 36.2 Å². The van der Waals surface area contributed by atoms with E-state index >= 15 is 0 Å². The summed E-state index contributed by atoms with van der Waals surface area (Å²) in [4.78, 5) is 28.0. The van der Waals surface area contributed by atoms with Crippen molar-refractivity contribution in [3.05, 3.63) is 77.7 Å². The van der Waals surface area contributed by atoms with Gasteiger partial charge in [0.05, 0.1) is 5.69 Å². The quantitative estimate of drug-likeness (QED) is 0.551. The first-order chi connectivity index (χ1) is 15.6. The number of amides is 3. The highest BCUT2D eigenvalue weighted by atomic mass is 19.1. The second-order valence-electron chi connectivity index (χ2n) is 7.89. The first-order valence-corrected chi connectivity index (χ1v) is 10.4. The van der Waals surface area contributed by atoms with E-state index in [1.165, 1.54) is 23.9 Å². The molecule has 1 aliphatic heterocycles. The summed E-state index contributed by atoms with van der Waals surface area (Å²) in [6, 6.07) is 15.5. The summed E-state index contributed by atoms with van der Waals surface area (Å²) in [6.45, 7) is 0. The lowest BCUT2D eigenvalue weighted by Gasteiger charge is -2.19. The maximum Gasteiger partial charge on any atom is 0.319 e. The lowest BCUT2D eigenvalue weighted by atomic mass is 10.1. The Morgan fingerprint density at radius 3 is 2.78 bits per heavy atom. The van der Waals surface area contributed by atoms with E-state index in [2.05, 4.69) is 20.9 Å². The Hall–Kier alpha value is -3.94. The third kappa shape index (κ3) is 4.25. The van der Waals surface area contributed by atoms with E-state index in [1.807, 2.05) is 30.3 Å². The Morgan fingerprint density at radius 1 is 1.12 bits per heavy atom. The van der Waals surface area contributed by atoms with Crippen LogP contribution in [0.15, 0.2) is 60.8 Å². The molecular weight excluding hydrogens is 411 g/mol. The molecule has 1 unspecified atom stereocenters. The van der Waals surface area contributed by atoms with Crippen molar-refractivity contribution in [2.24, 2.45) is 0 Å². The van der Waals surface area contributed by atoms with Crippen molar-refractivity contribution in [3.63, 3.8) is 0 Å². The molecule has 0 bridgehead atoms. The molecule has 2 aliphatic rings. The molecule has 2 heterocycles. The molecule has 3 amide bonds. The van der Waals surface area contributed by atoms with Gasteiger partial charge in [-0.15, -0.1) is 0 Å². The number of nitrogens with one attached hydrogen (secondary N) is 3. The van der Waals surface area contributed by atoms with E-state index in [0.29, 0.717) is 30.3 Å². The summed E-state index contributed by atoms with van der Waals surface area (Å²) >= 11 is 0. The second-order valence-corrected chi connectivity index (χ2v) is 7.89. The van der Waals surface area contributed by atoms with Gasteiger partial charge in [-0.25, -0.2) is 14.2 Å². The molecule has 162 valence electrons. The zero-order valence-electron chi connectivity index (χ0n) is 17.1. The third-order valence-electron chi connectivity index (χ3n) is 5.62. The number of hydrogen-bond acceptors (Lipinski definition) is 4. The predicted molar refractivity (Wildman–Crippen MR) is 117 cm³/mol. The van der Waals surface area contributed by atoms with Gasteiger partial charge >= 0.3 is 6.03 Å². The van der Waals surface area contributed by atoms with Crippen molar-refractivity contribution < 1.29 is 18.7 Å². The summed E-state index contributed by atoms with van der Waals surface area (Å²) < 4.78 is 20.4. The number of anilines is 2. The lowest BCUT2D eigenvalue weighted by molar-refractivity contribution is -0.116. The van der Waals surface area contributed by atoms with E-state index in [0.717, 1.165) is 12.0 Å². The number of rotatable bonds is 5. The molecule has 1 saturated carbocycles. The number of nitrogens with zero attached hydrogens (tertiary/aromatic N) is 1. The minimum absolute atomic E-state index is 0.0430. The van der Waals surface area contributed by atoms with Gasteiger partial charge in [0.15, 0.2) is 0 Å². The monoisotopic (exact) mass is 432 g/mol. The van der Waals surface area contributed by atoms with Gasteiger partial charge in [-0.1, -0.05) is 30.3 Å². The number of ether oxygens (including phenoxy) is 1. The number of pyridine rings is 1. The van der Waals surface area contributed by atoms with Crippen LogP contribution in [0.2, 0.25) is 0 Å². The second kappa shape index (κ2) is 8.30. The van der Waals surface area contributed by atoms with Crippen LogP contribution in [0.5, 0.6) is 11.5 Å². The maximum atomic E-state index is 14.6. The van der Waals surface area contributed by atoms with Gasteiger partial charge in [0.25, 0.3) is 0 Å². The zero-order chi connectivity index (χ0) is 22.1. The van der Waals surface area contributed by atoms with E-state index < -0.39 is 11.8 Å².